The van der Waals surface area contributed by atoms with Crippen molar-refractivity contribution in [3.63, 3.8) is 0 Å². The number of methoxy groups -OCH3 is 3. The van der Waals surface area contributed by atoms with Crippen molar-refractivity contribution >= 4 is 17.6 Å². The molecule has 1 aliphatic rings. The second-order valence-electron chi connectivity index (χ2n) is 9.40. The molecule has 39 heavy (non-hydrogen) atoms. The molecule has 4 rings (SSSR count). The number of amides is 2. The Kier molecular flexibility index (Phi) is 9.20. The normalized spacial score (nSPS) is 14.2. The zero-order chi connectivity index (χ0) is 27.8. The molecule has 1 atom stereocenters. The van der Waals surface area contributed by atoms with Crippen molar-refractivity contribution in [3.8, 4) is 17.2 Å². The number of hydrogen-bond donors (Lipinski definition) is 1. The molecule has 0 radical (unpaired) electrons. The van der Waals surface area contributed by atoms with Gasteiger partial charge in [-0.15, -0.1) is 0 Å². The van der Waals surface area contributed by atoms with Crippen molar-refractivity contribution in [2.24, 2.45) is 0 Å². The van der Waals surface area contributed by atoms with Gasteiger partial charge in [-0.3, -0.25) is 14.4 Å². The second-order valence-corrected chi connectivity index (χ2v) is 9.40. The first-order valence-corrected chi connectivity index (χ1v) is 13.0. The van der Waals surface area contributed by atoms with Gasteiger partial charge in [0.1, 0.15) is 6.04 Å². The van der Waals surface area contributed by atoms with E-state index in [4.69, 9.17) is 14.2 Å². The fourth-order valence-electron chi connectivity index (χ4n) is 4.86. The summed E-state index contributed by atoms with van der Waals surface area (Å²) in [6.07, 6.45) is 3.00. The number of nitrogens with one attached hydrogen (secondary N) is 1. The number of ketones is 1. The van der Waals surface area contributed by atoms with Gasteiger partial charge in [0, 0.05) is 25.1 Å². The molecule has 0 spiro atoms. The van der Waals surface area contributed by atoms with E-state index >= 15 is 0 Å². The van der Waals surface area contributed by atoms with Crippen LogP contribution >= 0.6 is 0 Å². The molecule has 8 nitrogen and oxygen atoms in total. The van der Waals surface area contributed by atoms with Crippen molar-refractivity contribution in [2.75, 3.05) is 27.9 Å². The van der Waals surface area contributed by atoms with Crippen LogP contribution in [0, 0.1) is 0 Å². The molecular formula is C31H34N2O6. The van der Waals surface area contributed by atoms with Gasteiger partial charge in [0.2, 0.25) is 11.7 Å². The minimum absolute atomic E-state index is 0.0911. The summed E-state index contributed by atoms with van der Waals surface area (Å²) in [5.41, 5.74) is 3.25. The van der Waals surface area contributed by atoms with Crippen molar-refractivity contribution in [2.45, 2.75) is 38.3 Å². The topological polar surface area (TPSA) is 94.2 Å². The van der Waals surface area contributed by atoms with Crippen LogP contribution in [0.4, 0.5) is 0 Å². The Morgan fingerprint density at radius 1 is 0.846 bits per heavy atom. The van der Waals surface area contributed by atoms with E-state index in [1.54, 1.807) is 0 Å². The molecule has 0 saturated heterocycles. The zero-order valence-electron chi connectivity index (χ0n) is 22.6. The number of nitrogens with zero attached hydrogens (tertiary/aromatic N) is 1. The van der Waals surface area contributed by atoms with E-state index in [0.29, 0.717) is 18.7 Å². The first-order chi connectivity index (χ1) is 19.0. The van der Waals surface area contributed by atoms with Gasteiger partial charge in [0.15, 0.2) is 11.5 Å². The lowest BCUT2D eigenvalue weighted by Crippen LogP contribution is -2.54. The predicted molar refractivity (Wildman–Crippen MR) is 147 cm³/mol. The van der Waals surface area contributed by atoms with Crippen molar-refractivity contribution in [1.29, 1.82) is 0 Å². The molecule has 3 aromatic rings. The van der Waals surface area contributed by atoms with E-state index in [1.807, 2.05) is 42.5 Å². The molecule has 204 valence electrons. The summed E-state index contributed by atoms with van der Waals surface area (Å²) < 4.78 is 16.0. The highest BCUT2D eigenvalue weighted by Crippen LogP contribution is 2.38. The quantitative estimate of drug-likeness (QED) is 0.229. The Labute approximate surface area is 228 Å². The Morgan fingerprint density at radius 2 is 1.49 bits per heavy atom. The largest absolute Gasteiger partial charge is 0.493 e. The molecule has 8 heteroatoms. The van der Waals surface area contributed by atoms with Gasteiger partial charge in [-0.1, -0.05) is 54.6 Å². The Morgan fingerprint density at radius 3 is 2.13 bits per heavy atom. The van der Waals surface area contributed by atoms with Crippen LogP contribution in [0.5, 0.6) is 17.2 Å². The maximum Gasteiger partial charge on any atom is 0.295 e. The predicted octanol–water partition coefficient (Wildman–Crippen LogP) is 3.99. The van der Waals surface area contributed by atoms with Crippen LogP contribution in [0.25, 0.3) is 0 Å². The van der Waals surface area contributed by atoms with Gasteiger partial charge in [-0.25, -0.2) is 0 Å². The number of rotatable bonds is 11. The third kappa shape index (κ3) is 6.39. The number of carbonyl (C=O) groups is 3. The minimum atomic E-state index is -0.799. The Hall–Kier alpha value is -4.33. The van der Waals surface area contributed by atoms with Crippen LogP contribution in [0.3, 0.4) is 0 Å². The summed E-state index contributed by atoms with van der Waals surface area (Å²) in [6, 6.07) is 20.0. The Bertz CT molecular complexity index is 1300. The van der Waals surface area contributed by atoms with E-state index in [2.05, 4.69) is 17.4 Å². The van der Waals surface area contributed by atoms with Gasteiger partial charge in [0.05, 0.1) is 21.3 Å². The smallest absolute Gasteiger partial charge is 0.295 e. The average molecular weight is 531 g/mol. The van der Waals surface area contributed by atoms with Gasteiger partial charge in [0.25, 0.3) is 11.7 Å². The number of carbonyl (C=O) groups excluding carboxylic acids is 3. The van der Waals surface area contributed by atoms with E-state index in [0.717, 1.165) is 30.4 Å². The lowest BCUT2D eigenvalue weighted by Gasteiger charge is -2.35. The number of Topliss-reactive ketones (excluding diaryl/α,β-unsaturated/α-hetero) is 1. The molecule has 3 aromatic carbocycles. The summed E-state index contributed by atoms with van der Waals surface area (Å²) in [5, 5.41) is 2.98. The highest BCUT2D eigenvalue weighted by Gasteiger charge is 2.37. The molecule has 0 unspecified atom stereocenters. The van der Waals surface area contributed by atoms with E-state index in [9.17, 15) is 14.4 Å². The maximum absolute atomic E-state index is 13.6. The number of benzene rings is 3. The van der Waals surface area contributed by atoms with E-state index in [-0.39, 0.29) is 29.5 Å². The van der Waals surface area contributed by atoms with Gasteiger partial charge in [-0.2, -0.15) is 0 Å². The molecule has 1 heterocycles. The monoisotopic (exact) mass is 530 g/mol. The van der Waals surface area contributed by atoms with Crippen molar-refractivity contribution < 1.29 is 28.6 Å². The summed E-state index contributed by atoms with van der Waals surface area (Å²) in [4.78, 5) is 41.7. The fraction of sp³-hybridized carbons (Fsp3) is 0.323. The number of aryl methyl sites for hydroxylation is 1. The SMILES string of the molecule is COc1cc(C(=O)C(=O)N2Cc3ccccc3C[C@H]2C(=O)NCCCCc2ccccc2)cc(OC)c1OC. The molecule has 2 amide bonds. The van der Waals surface area contributed by atoms with Crippen LogP contribution in [-0.4, -0.2) is 56.4 Å². The number of hydrogen-bond acceptors (Lipinski definition) is 6. The summed E-state index contributed by atoms with van der Waals surface area (Å²) in [6.45, 7) is 0.657. The highest BCUT2D eigenvalue weighted by molar-refractivity contribution is 6.43. The van der Waals surface area contributed by atoms with Gasteiger partial charge in [-0.05, 0) is 48.1 Å². The minimum Gasteiger partial charge on any atom is -0.493 e. The Balaban J connectivity index is 1.49. The average Bonchev–Trinajstić information content (AvgIpc) is 2.99. The molecule has 0 aliphatic carbocycles. The van der Waals surface area contributed by atoms with Crippen LogP contribution in [0.1, 0.15) is 39.9 Å². The second kappa shape index (κ2) is 13.0. The lowest BCUT2D eigenvalue weighted by atomic mass is 9.92. The molecule has 0 bridgehead atoms. The lowest BCUT2D eigenvalue weighted by molar-refractivity contribution is -0.138. The molecular weight excluding hydrogens is 496 g/mol. The standard InChI is InChI=1S/C31H34N2O6/c1-37-26-18-24(19-27(38-2)29(26)39-3)28(34)31(36)33-20-23-15-8-7-14-22(23)17-25(33)30(35)32-16-10-9-13-21-11-5-4-6-12-21/h4-8,11-12,14-15,18-19,25H,9-10,13,16-17,20H2,1-3H3,(H,32,35)/t25-/m0/s1. The van der Waals surface area contributed by atoms with E-state index < -0.39 is 17.7 Å². The molecule has 0 fully saturated rings. The third-order valence-corrected chi connectivity index (χ3v) is 6.97. The van der Waals surface area contributed by atoms with Crippen LogP contribution in [-0.2, 0) is 29.0 Å². The van der Waals surface area contributed by atoms with Crippen LogP contribution in [0.2, 0.25) is 0 Å². The van der Waals surface area contributed by atoms with E-state index in [1.165, 1.54) is 43.9 Å². The zero-order valence-corrected chi connectivity index (χ0v) is 22.6. The van der Waals surface area contributed by atoms with Crippen molar-refractivity contribution in [3.05, 3.63) is 89.0 Å². The van der Waals surface area contributed by atoms with Gasteiger partial charge >= 0.3 is 0 Å². The number of ether oxygens (including phenoxy) is 3. The van der Waals surface area contributed by atoms with Crippen LogP contribution < -0.4 is 19.5 Å². The fourth-order valence-corrected chi connectivity index (χ4v) is 4.86. The highest BCUT2D eigenvalue weighted by atomic mass is 16.5. The molecule has 1 aliphatic heterocycles. The third-order valence-electron chi connectivity index (χ3n) is 6.97. The number of unbranched alkanes of at least 4 members (excludes halogenated alkanes) is 1. The van der Waals surface area contributed by atoms with Gasteiger partial charge < -0.3 is 24.4 Å². The molecule has 1 N–H and O–H groups in total. The first-order valence-electron chi connectivity index (χ1n) is 13.0. The summed E-state index contributed by atoms with van der Waals surface area (Å²) in [5.74, 6) is -0.934. The van der Waals surface area contributed by atoms with Crippen LogP contribution in [0.15, 0.2) is 66.7 Å². The van der Waals surface area contributed by atoms with Crippen molar-refractivity contribution in [1.82, 2.24) is 10.2 Å². The maximum atomic E-state index is 13.6. The summed E-state index contributed by atoms with van der Waals surface area (Å²) >= 11 is 0. The molecule has 0 saturated carbocycles. The first kappa shape index (κ1) is 27.7. The molecule has 0 aromatic heterocycles. The number of fused-ring (bicyclic) bond motifs is 1. The summed E-state index contributed by atoms with van der Waals surface area (Å²) in [7, 11) is 4.34.